The normalized spacial score (nSPS) is 18.9. The first-order valence-electron chi connectivity index (χ1n) is 9.19. The number of carboxylic acid groups (broad SMARTS) is 1. The molecule has 1 saturated heterocycles. The van der Waals surface area contributed by atoms with Crippen molar-refractivity contribution in [2.45, 2.75) is 69.4 Å². The van der Waals surface area contributed by atoms with Crippen LogP contribution < -0.4 is 5.32 Å². The van der Waals surface area contributed by atoms with Crippen LogP contribution >= 0.6 is 0 Å². The van der Waals surface area contributed by atoms with Gasteiger partial charge in [-0.25, -0.2) is 8.42 Å². The van der Waals surface area contributed by atoms with Crippen molar-refractivity contribution in [3.8, 4) is 0 Å². The van der Waals surface area contributed by atoms with E-state index in [1.165, 1.54) is 16.4 Å². The van der Waals surface area contributed by atoms with Gasteiger partial charge in [0.25, 0.3) is 5.91 Å². The van der Waals surface area contributed by atoms with Crippen LogP contribution in [0.3, 0.4) is 0 Å². The summed E-state index contributed by atoms with van der Waals surface area (Å²) in [4.78, 5) is 23.4. The van der Waals surface area contributed by atoms with Crippen LogP contribution in [-0.2, 0) is 14.8 Å². The highest BCUT2D eigenvalue weighted by Crippen LogP contribution is 2.25. The summed E-state index contributed by atoms with van der Waals surface area (Å²) in [6, 6.07) is 5.95. The van der Waals surface area contributed by atoms with Crippen LogP contribution in [0.5, 0.6) is 0 Å². The van der Waals surface area contributed by atoms with Gasteiger partial charge in [0.15, 0.2) is 0 Å². The molecule has 0 radical (unpaired) electrons. The standard InChI is InChI=1S/C19H28N2O5S/c1-14-7-4-5-12-21(14)27(25,26)16-9-6-8-15(13-16)18(24)20-19(2,3)11-10-17(22)23/h6,8-9,13-14H,4-5,7,10-12H2,1-3H3,(H,20,24)(H,22,23). The Hall–Kier alpha value is -1.93. The zero-order valence-corrected chi connectivity index (χ0v) is 16.9. The molecule has 1 heterocycles. The van der Waals surface area contributed by atoms with E-state index < -0.39 is 27.4 Å². The lowest BCUT2D eigenvalue weighted by Gasteiger charge is -2.32. The number of nitrogens with zero attached hydrogens (tertiary/aromatic N) is 1. The van der Waals surface area contributed by atoms with Gasteiger partial charge in [0.1, 0.15) is 0 Å². The Morgan fingerprint density at radius 3 is 2.63 bits per heavy atom. The van der Waals surface area contributed by atoms with E-state index in [0.717, 1.165) is 19.3 Å². The molecule has 0 aromatic heterocycles. The number of aliphatic carboxylic acids is 1. The third kappa shape index (κ3) is 5.52. The zero-order valence-electron chi connectivity index (χ0n) is 16.1. The van der Waals surface area contributed by atoms with E-state index in [-0.39, 0.29) is 29.3 Å². The second-order valence-corrected chi connectivity index (χ2v) is 9.61. The van der Waals surface area contributed by atoms with Gasteiger partial charge in [-0.3, -0.25) is 9.59 Å². The van der Waals surface area contributed by atoms with Gasteiger partial charge < -0.3 is 10.4 Å². The number of carboxylic acids is 1. The Balaban J connectivity index is 2.19. The van der Waals surface area contributed by atoms with Crippen molar-refractivity contribution in [3.05, 3.63) is 29.8 Å². The average Bonchev–Trinajstić information content (AvgIpc) is 2.60. The molecule has 1 aliphatic heterocycles. The van der Waals surface area contributed by atoms with E-state index in [1.54, 1.807) is 26.0 Å². The molecule has 8 heteroatoms. The van der Waals surface area contributed by atoms with Crippen molar-refractivity contribution in [1.82, 2.24) is 9.62 Å². The van der Waals surface area contributed by atoms with Crippen molar-refractivity contribution >= 4 is 21.9 Å². The van der Waals surface area contributed by atoms with E-state index in [4.69, 9.17) is 5.11 Å². The predicted octanol–water partition coefficient (Wildman–Crippen LogP) is 2.62. The third-order valence-electron chi connectivity index (χ3n) is 4.86. The fourth-order valence-corrected chi connectivity index (χ4v) is 4.97. The van der Waals surface area contributed by atoms with Crippen molar-refractivity contribution in [2.75, 3.05) is 6.54 Å². The molecule has 7 nitrogen and oxygen atoms in total. The van der Waals surface area contributed by atoms with Crippen LogP contribution in [0, 0.1) is 0 Å². The maximum Gasteiger partial charge on any atom is 0.303 e. The summed E-state index contributed by atoms with van der Waals surface area (Å²) in [7, 11) is -3.66. The molecule has 2 rings (SSSR count). The van der Waals surface area contributed by atoms with E-state index in [2.05, 4.69) is 5.32 Å². The van der Waals surface area contributed by atoms with Gasteiger partial charge in [-0.2, -0.15) is 4.31 Å². The monoisotopic (exact) mass is 396 g/mol. The van der Waals surface area contributed by atoms with Gasteiger partial charge in [-0.1, -0.05) is 12.5 Å². The van der Waals surface area contributed by atoms with Crippen molar-refractivity contribution in [1.29, 1.82) is 0 Å². The Bertz CT molecular complexity index is 804. The molecule has 0 saturated carbocycles. The molecule has 1 unspecified atom stereocenters. The SMILES string of the molecule is CC1CCCCN1S(=O)(=O)c1cccc(C(=O)NC(C)(C)CCC(=O)O)c1. The molecule has 0 bridgehead atoms. The fourth-order valence-electron chi connectivity index (χ4n) is 3.22. The van der Waals surface area contributed by atoms with E-state index in [9.17, 15) is 18.0 Å². The highest BCUT2D eigenvalue weighted by molar-refractivity contribution is 7.89. The summed E-state index contributed by atoms with van der Waals surface area (Å²) in [5.74, 6) is -1.35. The molecule has 0 aliphatic carbocycles. The Morgan fingerprint density at radius 1 is 1.30 bits per heavy atom. The highest BCUT2D eigenvalue weighted by atomic mass is 32.2. The molecule has 150 valence electrons. The van der Waals surface area contributed by atoms with Crippen LogP contribution in [0.15, 0.2) is 29.2 Å². The first-order chi connectivity index (χ1) is 12.5. The third-order valence-corrected chi connectivity index (χ3v) is 6.87. The summed E-state index contributed by atoms with van der Waals surface area (Å²) in [5, 5.41) is 11.6. The zero-order chi connectivity index (χ0) is 20.2. The second-order valence-electron chi connectivity index (χ2n) is 7.72. The van der Waals surface area contributed by atoms with Gasteiger partial charge in [-0.05, 0) is 58.2 Å². The van der Waals surface area contributed by atoms with Crippen LogP contribution in [0.1, 0.15) is 63.2 Å². The van der Waals surface area contributed by atoms with Gasteiger partial charge in [0.2, 0.25) is 10.0 Å². The molecule has 27 heavy (non-hydrogen) atoms. The van der Waals surface area contributed by atoms with Gasteiger partial charge in [0.05, 0.1) is 4.90 Å². The maximum atomic E-state index is 13.0. The quantitative estimate of drug-likeness (QED) is 0.737. The topological polar surface area (TPSA) is 104 Å². The predicted molar refractivity (Wildman–Crippen MR) is 102 cm³/mol. The molecule has 1 fully saturated rings. The number of benzene rings is 1. The minimum absolute atomic E-state index is 0.0591. The maximum absolute atomic E-state index is 13.0. The lowest BCUT2D eigenvalue weighted by molar-refractivity contribution is -0.137. The van der Waals surface area contributed by atoms with Crippen molar-refractivity contribution in [3.63, 3.8) is 0 Å². The Kier molecular flexibility index (Phi) is 6.64. The number of amides is 1. The molecule has 2 N–H and O–H groups in total. The van der Waals surface area contributed by atoms with Crippen molar-refractivity contribution < 1.29 is 23.1 Å². The van der Waals surface area contributed by atoms with Crippen LogP contribution in [0.4, 0.5) is 0 Å². The summed E-state index contributed by atoms with van der Waals surface area (Å²) < 4.78 is 27.4. The summed E-state index contributed by atoms with van der Waals surface area (Å²) >= 11 is 0. The number of sulfonamides is 1. The van der Waals surface area contributed by atoms with E-state index >= 15 is 0 Å². The fraction of sp³-hybridized carbons (Fsp3) is 0.579. The molecule has 1 atom stereocenters. The Morgan fingerprint density at radius 2 is 2.00 bits per heavy atom. The summed E-state index contributed by atoms with van der Waals surface area (Å²) in [6.45, 7) is 5.87. The first kappa shape index (κ1) is 21.4. The lowest BCUT2D eigenvalue weighted by Crippen LogP contribution is -2.44. The molecule has 1 aromatic carbocycles. The number of piperidine rings is 1. The molecule has 1 aromatic rings. The average molecular weight is 397 g/mol. The van der Waals surface area contributed by atoms with Crippen molar-refractivity contribution in [2.24, 2.45) is 0 Å². The van der Waals surface area contributed by atoms with Crippen LogP contribution in [0.2, 0.25) is 0 Å². The van der Waals surface area contributed by atoms with E-state index in [1.807, 2.05) is 6.92 Å². The smallest absolute Gasteiger partial charge is 0.303 e. The number of carbonyl (C=O) groups excluding carboxylic acids is 1. The number of hydrogen-bond donors (Lipinski definition) is 2. The lowest BCUT2D eigenvalue weighted by atomic mass is 9.98. The van der Waals surface area contributed by atoms with Gasteiger partial charge in [0, 0.05) is 30.1 Å². The largest absolute Gasteiger partial charge is 0.481 e. The van der Waals surface area contributed by atoms with Gasteiger partial charge in [-0.15, -0.1) is 0 Å². The number of nitrogens with one attached hydrogen (secondary N) is 1. The molecule has 1 aliphatic rings. The highest BCUT2D eigenvalue weighted by Gasteiger charge is 2.31. The van der Waals surface area contributed by atoms with E-state index in [0.29, 0.717) is 6.54 Å². The number of carbonyl (C=O) groups is 2. The second kappa shape index (κ2) is 8.39. The molecular formula is C19H28N2O5S. The minimum atomic E-state index is -3.66. The number of hydrogen-bond acceptors (Lipinski definition) is 4. The summed E-state index contributed by atoms with van der Waals surface area (Å²) in [6.07, 6.45) is 2.89. The van der Waals surface area contributed by atoms with Gasteiger partial charge >= 0.3 is 5.97 Å². The Labute approximate surface area is 160 Å². The molecule has 1 amide bonds. The first-order valence-corrected chi connectivity index (χ1v) is 10.6. The summed E-state index contributed by atoms with van der Waals surface area (Å²) in [5.41, 5.74) is -0.477. The van der Waals surface area contributed by atoms with Crippen LogP contribution in [0.25, 0.3) is 0 Å². The molecular weight excluding hydrogens is 368 g/mol. The molecule has 0 spiro atoms. The number of rotatable bonds is 7. The minimum Gasteiger partial charge on any atom is -0.481 e. The van der Waals surface area contributed by atoms with Crippen LogP contribution in [-0.4, -0.2) is 47.8 Å².